The van der Waals surface area contributed by atoms with E-state index in [1.807, 2.05) is 31.2 Å². The molecule has 1 aliphatic heterocycles. The summed E-state index contributed by atoms with van der Waals surface area (Å²) >= 11 is 0. The average Bonchev–Trinajstić information content (AvgIpc) is 3.57. The zero-order valence-corrected chi connectivity index (χ0v) is 16.3. The topological polar surface area (TPSA) is 91.2 Å². The monoisotopic (exact) mass is 393 g/mol. The number of aromatic nitrogens is 4. The van der Waals surface area contributed by atoms with E-state index in [1.54, 1.807) is 10.9 Å². The summed E-state index contributed by atoms with van der Waals surface area (Å²) in [5, 5.41) is 5.33. The van der Waals surface area contributed by atoms with Crippen LogP contribution in [-0.4, -0.2) is 38.6 Å². The van der Waals surface area contributed by atoms with Gasteiger partial charge in [0.2, 0.25) is 0 Å². The number of ether oxygens (including phenoxy) is 1. The molecule has 2 aliphatic rings. The Morgan fingerprint density at radius 2 is 2.17 bits per heavy atom. The number of hydrogen-bond donors (Lipinski definition) is 1. The maximum absolute atomic E-state index is 13.0. The van der Waals surface area contributed by atoms with Crippen LogP contribution in [0.4, 0.5) is 0 Å². The predicted octanol–water partition coefficient (Wildman–Crippen LogP) is 3.19. The first-order valence-corrected chi connectivity index (χ1v) is 10.1. The van der Waals surface area contributed by atoms with Crippen molar-refractivity contribution < 1.29 is 14.4 Å². The number of nitrogens with one attached hydrogen (secondary N) is 1. The van der Waals surface area contributed by atoms with Crippen molar-refractivity contribution in [3.63, 3.8) is 0 Å². The van der Waals surface area contributed by atoms with Crippen molar-refractivity contribution in [3.05, 3.63) is 47.4 Å². The molecule has 1 saturated carbocycles. The Kier molecular flexibility index (Phi) is 4.73. The minimum absolute atomic E-state index is 0.308. The molecular weight excluding hydrogens is 370 g/mol. The summed E-state index contributed by atoms with van der Waals surface area (Å²) in [6.45, 7) is 2.53. The molecule has 150 valence electrons. The number of hydroxylamine groups is 1. The van der Waals surface area contributed by atoms with Crippen molar-refractivity contribution in [3.8, 4) is 5.82 Å². The van der Waals surface area contributed by atoms with E-state index in [2.05, 4.69) is 15.6 Å². The number of hydrogen-bond acceptors (Lipinski definition) is 6. The molecule has 1 aliphatic carbocycles. The molecule has 0 radical (unpaired) electrons. The normalized spacial score (nSPS) is 19.4. The third-order valence-corrected chi connectivity index (χ3v) is 5.36. The molecule has 4 heterocycles. The summed E-state index contributed by atoms with van der Waals surface area (Å²) in [7, 11) is 0. The first-order chi connectivity index (χ1) is 14.2. The third kappa shape index (κ3) is 3.61. The van der Waals surface area contributed by atoms with Gasteiger partial charge in [0.1, 0.15) is 0 Å². The SMILES string of the molecule is Cc1nn(-c2ccccn2)c2nc(C3CC3)cc(C(=O)NOC3CCCCO3)c12. The van der Waals surface area contributed by atoms with Gasteiger partial charge in [0, 0.05) is 30.8 Å². The number of carbonyl (C=O) groups is 1. The van der Waals surface area contributed by atoms with Gasteiger partial charge in [0.25, 0.3) is 5.91 Å². The number of fused-ring (bicyclic) bond motifs is 1. The van der Waals surface area contributed by atoms with E-state index < -0.39 is 6.29 Å². The Morgan fingerprint density at radius 3 is 2.90 bits per heavy atom. The standard InChI is InChI=1S/C21H23N5O3/c1-13-19-15(21(27)25-29-18-7-3-5-11-28-18)12-16(14-8-9-14)23-20(19)26(24-13)17-6-2-4-10-22-17/h2,4,6,10,12,14,18H,3,5,7-9,11H2,1H3,(H,25,27). The van der Waals surface area contributed by atoms with Crippen LogP contribution in [0.5, 0.6) is 0 Å². The van der Waals surface area contributed by atoms with E-state index >= 15 is 0 Å². The molecule has 8 nitrogen and oxygen atoms in total. The molecule has 1 amide bonds. The summed E-state index contributed by atoms with van der Waals surface area (Å²) in [5.74, 6) is 0.752. The first kappa shape index (κ1) is 18.2. The van der Waals surface area contributed by atoms with Gasteiger partial charge in [0.05, 0.1) is 16.6 Å². The van der Waals surface area contributed by atoms with E-state index in [0.717, 1.165) is 43.5 Å². The van der Waals surface area contributed by atoms with Gasteiger partial charge < -0.3 is 4.74 Å². The molecule has 1 saturated heterocycles. The number of amides is 1. The highest BCUT2D eigenvalue weighted by Gasteiger charge is 2.29. The number of nitrogens with zero attached hydrogens (tertiary/aromatic N) is 4. The molecule has 0 spiro atoms. The van der Waals surface area contributed by atoms with Gasteiger partial charge in [-0.15, -0.1) is 0 Å². The quantitative estimate of drug-likeness (QED) is 0.670. The highest BCUT2D eigenvalue weighted by Crippen LogP contribution is 2.40. The van der Waals surface area contributed by atoms with E-state index in [0.29, 0.717) is 34.9 Å². The zero-order valence-electron chi connectivity index (χ0n) is 16.3. The number of aryl methyl sites for hydroxylation is 1. The Morgan fingerprint density at radius 1 is 1.28 bits per heavy atom. The van der Waals surface area contributed by atoms with E-state index in [4.69, 9.17) is 14.6 Å². The van der Waals surface area contributed by atoms with Gasteiger partial charge in [-0.05, 0) is 50.8 Å². The predicted molar refractivity (Wildman–Crippen MR) is 106 cm³/mol. The zero-order chi connectivity index (χ0) is 19.8. The maximum atomic E-state index is 13.0. The molecular formula is C21H23N5O3. The van der Waals surface area contributed by atoms with E-state index in [1.165, 1.54) is 0 Å². The third-order valence-electron chi connectivity index (χ3n) is 5.36. The van der Waals surface area contributed by atoms with Crippen LogP contribution in [-0.2, 0) is 9.57 Å². The highest BCUT2D eigenvalue weighted by atomic mass is 16.8. The maximum Gasteiger partial charge on any atom is 0.275 e. The molecule has 0 bridgehead atoms. The van der Waals surface area contributed by atoms with Crippen LogP contribution in [0, 0.1) is 6.92 Å². The molecule has 8 heteroatoms. The Hall–Kier alpha value is -2.84. The summed E-state index contributed by atoms with van der Waals surface area (Å²) in [6.07, 6.45) is 6.32. The number of pyridine rings is 2. The van der Waals surface area contributed by atoms with Crippen molar-refractivity contribution in [2.45, 2.75) is 51.2 Å². The lowest BCUT2D eigenvalue weighted by Gasteiger charge is -2.22. The van der Waals surface area contributed by atoms with Crippen LogP contribution in [0.15, 0.2) is 30.5 Å². The molecule has 1 atom stereocenters. The Balaban J connectivity index is 1.53. The summed E-state index contributed by atoms with van der Waals surface area (Å²) < 4.78 is 7.24. The molecule has 2 fully saturated rings. The molecule has 1 N–H and O–H groups in total. The summed E-state index contributed by atoms with van der Waals surface area (Å²) in [5.41, 5.74) is 5.38. The molecule has 5 rings (SSSR count). The lowest BCUT2D eigenvalue weighted by Crippen LogP contribution is -2.33. The fourth-order valence-corrected chi connectivity index (χ4v) is 3.69. The molecule has 3 aromatic heterocycles. The lowest BCUT2D eigenvalue weighted by atomic mass is 10.1. The van der Waals surface area contributed by atoms with Crippen LogP contribution in [0.1, 0.15) is 59.8 Å². The van der Waals surface area contributed by atoms with Crippen molar-refractivity contribution in [1.82, 2.24) is 25.2 Å². The first-order valence-electron chi connectivity index (χ1n) is 10.1. The van der Waals surface area contributed by atoms with Gasteiger partial charge in [-0.25, -0.2) is 20.3 Å². The fourth-order valence-electron chi connectivity index (χ4n) is 3.69. The molecule has 3 aromatic rings. The van der Waals surface area contributed by atoms with Crippen molar-refractivity contribution in [2.75, 3.05) is 6.61 Å². The highest BCUT2D eigenvalue weighted by molar-refractivity contribution is 6.06. The second kappa shape index (κ2) is 7.53. The Bertz CT molecular complexity index is 1040. The molecule has 1 unspecified atom stereocenters. The van der Waals surface area contributed by atoms with Crippen LogP contribution >= 0.6 is 0 Å². The average molecular weight is 393 g/mol. The van der Waals surface area contributed by atoms with Crippen LogP contribution < -0.4 is 5.48 Å². The van der Waals surface area contributed by atoms with Gasteiger partial charge >= 0.3 is 0 Å². The van der Waals surface area contributed by atoms with Gasteiger partial charge in [-0.3, -0.25) is 4.79 Å². The van der Waals surface area contributed by atoms with Gasteiger partial charge in [-0.2, -0.15) is 9.78 Å². The second-order valence-electron chi connectivity index (χ2n) is 7.60. The van der Waals surface area contributed by atoms with E-state index in [9.17, 15) is 4.79 Å². The van der Waals surface area contributed by atoms with Crippen molar-refractivity contribution in [1.29, 1.82) is 0 Å². The fraction of sp³-hybridized carbons (Fsp3) is 0.429. The van der Waals surface area contributed by atoms with Gasteiger partial charge in [0.15, 0.2) is 17.8 Å². The van der Waals surface area contributed by atoms with Crippen LogP contribution in [0.25, 0.3) is 16.9 Å². The molecule has 0 aromatic carbocycles. The summed E-state index contributed by atoms with van der Waals surface area (Å²) in [6, 6.07) is 7.51. The number of carbonyl (C=O) groups excluding carboxylic acids is 1. The lowest BCUT2D eigenvalue weighted by molar-refractivity contribution is -0.186. The van der Waals surface area contributed by atoms with Crippen LogP contribution in [0.3, 0.4) is 0 Å². The van der Waals surface area contributed by atoms with Crippen LogP contribution in [0.2, 0.25) is 0 Å². The summed E-state index contributed by atoms with van der Waals surface area (Å²) in [4.78, 5) is 27.8. The minimum atomic E-state index is -0.398. The molecule has 29 heavy (non-hydrogen) atoms. The Labute approximate surface area is 168 Å². The van der Waals surface area contributed by atoms with Gasteiger partial charge in [-0.1, -0.05) is 6.07 Å². The van der Waals surface area contributed by atoms with Crippen molar-refractivity contribution in [2.24, 2.45) is 0 Å². The minimum Gasteiger partial charge on any atom is -0.350 e. The van der Waals surface area contributed by atoms with Crippen molar-refractivity contribution >= 4 is 16.9 Å². The van der Waals surface area contributed by atoms with E-state index in [-0.39, 0.29) is 5.91 Å². The largest absolute Gasteiger partial charge is 0.350 e. The smallest absolute Gasteiger partial charge is 0.275 e. The number of rotatable bonds is 5. The second-order valence-corrected chi connectivity index (χ2v) is 7.60.